The van der Waals surface area contributed by atoms with Gasteiger partial charge in [-0.15, -0.1) is 0 Å². The fourth-order valence-corrected chi connectivity index (χ4v) is 8.01. The van der Waals surface area contributed by atoms with Gasteiger partial charge in [-0.1, -0.05) is 170 Å². The predicted octanol–water partition coefficient (Wildman–Crippen LogP) is 15.4. The molecule has 56 heavy (non-hydrogen) atoms. The summed E-state index contributed by atoms with van der Waals surface area (Å²) in [5.41, 5.74) is 11.4. The average molecular weight is 715 g/mol. The lowest BCUT2D eigenvalue weighted by atomic mass is 10.0. The second-order valence-electron chi connectivity index (χ2n) is 14.2. The third-order valence-corrected chi connectivity index (χ3v) is 10.8. The summed E-state index contributed by atoms with van der Waals surface area (Å²) < 4.78 is 0. The van der Waals surface area contributed by atoms with E-state index in [1.54, 1.807) is 0 Å². The van der Waals surface area contributed by atoms with Crippen molar-refractivity contribution in [2.24, 2.45) is 0 Å². The van der Waals surface area contributed by atoms with Crippen LogP contribution in [0.3, 0.4) is 0 Å². The summed E-state index contributed by atoms with van der Waals surface area (Å²) >= 11 is 0. The second kappa shape index (κ2) is 14.4. The Bertz CT molecular complexity index is 2750. The van der Waals surface area contributed by atoms with Gasteiger partial charge >= 0.3 is 0 Å². The third-order valence-electron chi connectivity index (χ3n) is 10.8. The Morgan fingerprint density at radius 3 is 0.946 bits per heavy atom. The van der Waals surface area contributed by atoms with Crippen molar-refractivity contribution in [1.82, 2.24) is 0 Å². The minimum atomic E-state index is 1.10. The van der Waals surface area contributed by atoms with Gasteiger partial charge in [0.2, 0.25) is 0 Å². The molecule has 0 N–H and O–H groups in total. The molecular weight excluding hydrogens is 677 g/mol. The van der Waals surface area contributed by atoms with Gasteiger partial charge in [-0.3, -0.25) is 0 Å². The van der Waals surface area contributed by atoms with Gasteiger partial charge in [0, 0.05) is 33.5 Å². The van der Waals surface area contributed by atoms with Gasteiger partial charge < -0.3 is 9.80 Å². The number of hydrogen-bond donors (Lipinski definition) is 0. The maximum absolute atomic E-state index is 2.41. The topological polar surface area (TPSA) is 6.48 Å². The molecule has 0 aliphatic carbocycles. The average Bonchev–Trinajstić information content (AvgIpc) is 3.28. The molecule has 0 atom stereocenters. The van der Waals surface area contributed by atoms with Gasteiger partial charge in [-0.2, -0.15) is 0 Å². The Kier molecular flexibility index (Phi) is 8.55. The predicted molar refractivity (Wildman–Crippen MR) is 239 cm³/mol. The van der Waals surface area contributed by atoms with Crippen molar-refractivity contribution in [2.45, 2.75) is 0 Å². The van der Waals surface area contributed by atoms with Crippen molar-refractivity contribution >= 4 is 66.4 Å². The lowest BCUT2D eigenvalue weighted by molar-refractivity contribution is 1.28. The Balaban J connectivity index is 1.16. The van der Waals surface area contributed by atoms with Crippen LogP contribution in [0.25, 0.3) is 54.6 Å². The van der Waals surface area contributed by atoms with Crippen LogP contribution in [0.5, 0.6) is 0 Å². The van der Waals surface area contributed by atoms with Crippen LogP contribution in [0.1, 0.15) is 0 Å². The van der Waals surface area contributed by atoms with E-state index in [0.29, 0.717) is 0 Å². The van der Waals surface area contributed by atoms with E-state index in [2.05, 4.69) is 240 Å². The SMILES string of the molecule is c1ccc(-c2ccc(N(c3ccc4ccccc4c3)c3ccc(N(c4ccc(-c5ccccc5)cc4)c4ccc5ccccc5c4)c4ccccc34)cc2)cc1. The number of benzene rings is 10. The maximum atomic E-state index is 2.41. The molecule has 10 aromatic carbocycles. The van der Waals surface area contributed by atoms with Gasteiger partial charge in [0.05, 0.1) is 11.4 Å². The van der Waals surface area contributed by atoms with Crippen molar-refractivity contribution in [3.63, 3.8) is 0 Å². The molecule has 0 spiro atoms. The Morgan fingerprint density at radius 1 is 0.214 bits per heavy atom. The Labute approximate surface area is 327 Å². The summed E-state index contributed by atoms with van der Waals surface area (Å²) in [6.07, 6.45) is 0. The molecule has 0 aliphatic rings. The first-order valence-electron chi connectivity index (χ1n) is 19.2. The van der Waals surface area contributed by atoms with Crippen molar-refractivity contribution < 1.29 is 0 Å². The normalized spacial score (nSPS) is 11.2. The zero-order chi connectivity index (χ0) is 37.3. The number of anilines is 6. The van der Waals surface area contributed by atoms with E-state index in [9.17, 15) is 0 Å². The number of hydrogen-bond acceptors (Lipinski definition) is 2. The zero-order valence-electron chi connectivity index (χ0n) is 30.8. The van der Waals surface area contributed by atoms with Gasteiger partial charge in [-0.25, -0.2) is 0 Å². The maximum Gasteiger partial charge on any atom is 0.0541 e. The first kappa shape index (κ1) is 33.2. The van der Waals surface area contributed by atoms with Gasteiger partial charge in [0.1, 0.15) is 0 Å². The monoisotopic (exact) mass is 714 g/mol. The molecule has 0 fully saturated rings. The van der Waals surface area contributed by atoms with Crippen LogP contribution < -0.4 is 9.80 Å². The minimum Gasteiger partial charge on any atom is -0.310 e. The summed E-state index contributed by atoms with van der Waals surface area (Å²) in [4.78, 5) is 4.81. The number of rotatable bonds is 8. The highest BCUT2D eigenvalue weighted by Crippen LogP contribution is 2.46. The van der Waals surface area contributed by atoms with Crippen molar-refractivity contribution in [2.75, 3.05) is 9.80 Å². The molecule has 10 aromatic rings. The molecular formula is C54H38N2. The van der Waals surface area contributed by atoms with E-state index < -0.39 is 0 Å². The summed E-state index contributed by atoms with van der Waals surface area (Å²) in [5.74, 6) is 0. The molecule has 2 heteroatoms. The minimum absolute atomic E-state index is 1.10. The van der Waals surface area contributed by atoms with Gasteiger partial charge in [0.25, 0.3) is 0 Å². The van der Waals surface area contributed by atoms with Crippen LogP contribution in [0, 0.1) is 0 Å². The Morgan fingerprint density at radius 2 is 0.536 bits per heavy atom. The molecule has 0 heterocycles. The van der Waals surface area contributed by atoms with Crippen LogP contribution in [0.15, 0.2) is 231 Å². The molecule has 0 saturated heterocycles. The summed E-state index contributed by atoms with van der Waals surface area (Å²) in [5, 5.41) is 7.19. The van der Waals surface area contributed by atoms with Crippen LogP contribution in [-0.4, -0.2) is 0 Å². The lowest BCUT2D eigenvalue weighted by Crippen LogP contribution is -2.13. The molecule has 0 saturated carbocycles. The summed E-state index contributed by atoms with van der Waals surface area (Å²) in [7, 11) is 0. The van der Waals surface area contributed by atoms with E-state index in [4.69, 9.17) is 0 Å². The van der Waals surface area contributed by atoms with Crippen LogP contribution in [0.4, 0.5) is 34.1 Å². The van der Waals surface area contributed by atoms with Crippen LogP contribution >= 0.6 is 0 Å². The molecule has 0 amide bonds. The molecule has 0 aromatic heterocycles. The molecule has 0 radical (unpaired) electrons. The van der Waals surface area contributed by atoms with Crippen LogP contribution in [-0.2, 0) is 0 Å². The number of fused-ring (bicyclic) bond motifs is 3. The van der Waals surface area contributed by atoms with E-state index >= 15 is 0 Å². The highest BCUT2D eigenvalue weighted by atomic mass is 15.2. The fourth-order valence-electron chi connectivity index (χ4n) is 8.01. The highest BCUT2D eigenvalue weighted by molar-refractivity contribution is 6.08. The second-order valence-corrected chi connectivity index (χ2v) is 14.2. The van der Waals surface area contributed by atoms with E-state index in [-0.39, 0.29) is 0 Å². The molecule has 264 valence electrons. The van der Waals surface area contributed by atoms with Crippen LogP contribution in [0.2, 0.25) is 0 Å². The van der Waals surface area contributed by atoms with E-state index in [0.717, 1.165) is 44.9 Å². The highest BCUT2D eigenvalue weighted by Gasteiger charge is 2.21. The fraction of sp³-hybridized carbons (Fsp3) is 0. The molecule has 0 unspecified atom stereocenters. The largest absolute Gasteiger partial charge is 0.310 e. The lowest BCUT2D eigenvalue weighted by Gasteiger charge is -2.31. The first-order valence-corrected chi connectivity index (χ1v) is 19.2. The Hall–Kier alpha value is -7.42. The van der Waals surface area contributed by atoms with Gasteiger partial charge in [-0.05, 0) is 104 Å². The smallest absolute Gasteiger partial charge is 0.0541 e. The molecule has 2 nitrogen and oxygen atoms in total. The van der Waals surface area contributed by atoms with Crippen molar-refractivity contribution in [3.8, 4) is 22.3 Å². The van der Waals surface area contributed by atoms with E-state index in [1.807, 2.05) is 0 Å². The quantitative estimate of drug-likeness (QED) is 0.155. The molecule has 10 rings (SSSR count). The molecule has 0 aliphatic heterocycles. The summed E-state index contributed by atoms with van der Waals surface area (Å²) in [6, 6.07) is 83.2. The first-order chi connectivity index (χ1) is 27.8. The zero-order valence-corrected chi connectivity index (χ0v) is 30.8. The third kappa shape index (κ3) is 6.24. The standard InChI is InChI=1S/C54H38N2/c1-3-13-39(14-4-1)43-23-29-47(30-24-43)55(49-33-27-41-17-7-9-19-45(41)37-49)53-35-36-54(52-22-12-11-21-51(52)53)56(50-34-28-42-18-8-10-20-46(42)38-50)48-31-25-44(26-32-48)40-15-5-2-6-16-40/h1-38H. The van der Waals surface area contributed by atoms with Crippen molar-refractivity contribution in [3.05, 3.63) is 231 Å². The summed E-state index contributed by atoms with van der Waals surface area (Å²) in [6.45, 7) is 0. The van der Waals surface area contributed by atoms with Crippen molar-refractivity contribution in [1.29, 1.82) is 0 Å². The number of nitrogens with zero attached hydrogens (tertiary/aromatic N) is 2. The van der Waals surface area contributed by atoms with Gasteiger partial charge in [0.15, 0.2) is 0 Å². The molecule has 0 bridgehead atoms. The van der Waals surface area contributed by atoms with E-state index in [1.165, 1.54) is 43.8 Å².